The Morgan fingerprint density at radius 3 is 2.63 bits per heavy atom. The summed E-state index contributed by atoms with van der Waals surface area (Å²) in [5, 5.41) is 2.61. The number of nitrogens with zero attached hydrogens (tertiary/aromatic N) is 1. The van der Waals surface area contributed by atoms with Gasteiger partial charge in [0.25, 0.3) is 5.91 Å². The van der Waals surface area contributed by atoms with Crippen molar-refractivity contribution in [2.45, 2.75) is 12.7 Å². The van der Waals surface area contributed by atoms with Gasteiger partial charge >= 0.3 is 6.18 Å². The summed E-state index contributed by atoms with van der Waals surface area (Å²) in [4.78, 5) is 14.4. The molecule has 2 aromatic carbocycles. The lowest BCUT2D eigenvalue weighted by Crippen LogP contribution is -2.27. The first-order valence-corrected chi connectivity index (χ1v) is 8.98. The summed E-state index contributed by atoms with van der Waals surface area (Å²) in [7, 11) is 0. The Morgan fingerprint density at radius 2 is 1.93 bits per heavy atom. The van der Waals surface area contributed by atoms with Gasteiger partial charge < -0.3 is 10.2 Å². The first-order valence-electron chi connectivity index (χ1n) is 8.19. The third-order valence-electron chi connectivity index (χ3n) is 4.08. The molecule has 0 aliphatic carbocycles. The molecule has 0 fully saturated rings. The van der Waals surface area contributed by atoms with Gasteiger partial charge in [0.05, 0.1) is 11.1 Å². The van der Waals surface area contributed by atoms with Gasteiger partial charge in [-0.25, -0.2) is 0 Å². The Hall–Kier alpha value is -2.54. The zero-order valence-corrected chi connectivity index (χ0v) is 15.7. The third kappa shape index (κ3) is 4.60. The highest BCUT2D eigenvalue weighted by Gasteiger charge is 2.34. The summed E-state index contributed by atoms with van der Waals surface area (Å²) in [6.07, 6.45) is 3.15. The second-order valence-electron chi connectivity index (χ2n) is 5.92. The number of alkyl halides is 3. The Bertz CT molecular complexity index is 906. The highest BCUT2D eigenvalue weighted by Crippen LogP contribution is 2.32. The lowest BCUT2D eigenvalue weighted by atomic mass is 10.1. The number of allylic oxidation sites excluding steroid dienone is 2. The van der Waals surface area contributed by atoms with Crippen LogP contribution in [0.5, 0.6) is 0 Å². The van der Waals surface area contributed by atoms with Gasteiger partial charge in [0.15, 0.2) is 0 Å². The number of rotatable bonds is 4. The Labute approximate surface area is 163 Å². The highest BCUT2D eigenvalue weighted by molar-refractivity contribution is 9.10. The Kier molecular flexibility index (Phi) is 5.70. The molecule has 1 aliphatic heterocycles. The molecule has 0 radical (unpaired) electrons. The quantitative estimate of drug-likeness (QED) is 0.706. The van der Waals surface area contributed by atoms with Gasteiger partial charge in [0, 0.05) is 29.4 Å². The van der Waals surface area contributed by atoms with Crippen LogP contribution in [0.3, 0.4) is 0 Å². The molecule has 0 spiro atoms. The van der Waals surface area contributed by atoms with E-state index in [2.05, 4.69) is 21.2 Å². The van der Waals surface area contributed by atoms with Crippen LogP contribution in [0.15, 0.2) is 71.4 Å². The number of amides is 1. The summed E-state index contributed by atoms with van der Waals surface area (Å²) in [5.74, 6) is -0.761. The maximum absolute atomic E-state index is 13.1. The molecule has 0 unspecified atom stereocenters. The number of carbonyl (C=O) groups excluding carboxylic acids is 1. The topological polar surface area (TPSA) is 32.3 Å². The van der Waals surface area contributed by atoms with Gasteiger partial charge in [-0.2, -0.15) is 13.2 Å². The van der Waals surface area contributed by atoms with Crippen molar-refractivity contribution in [3.05, 3.63) is 88.1 Å². The summed E-state index contributed by atoms with van der Waals surface area (Å²) in [6.45, 7) is 0.782. The van der Waals surface area contributed by atoms with Crippen LogP contribution in [-0.4, -0.2) is 12.5 Å². The van der Waals surface area contributed by atoms with E-state index in [1.54, 1.807) is 0 Å². The van der Waals surface area contributed by atoms with Crippen LogP contribution in [0.4, 0.5) is 18.9 Å². The van der Waals surface area contributed by atoms with Gasteiger partial charge in [0.1, 0.15) is 0 Å². The van der Waals surface area contributed by atoms with Gasteiger partial charge in [-0.05, 0) is 42.0 Å². The number of hydrogen-bond donors (Lipinski definition) is 1. The molecule has 0 atom stereocenters. The van der Waals surface area contributed by atoms with E-state index in [0.717, 1.165) is 21.8 Å². The molecular formula is C20H16BrF3N2O. The van der Waals surface area contributed by atoms with Crippen LogP contribution in [-0.2, 0) is 12.7 Å². The summed E-state index contributed by atoms with van der Waals surface area (Å²) in [5.41, 5.74) is 0.341. The fourth-order valence-corrected chi connectivity index (χ4v) is 3.23. The third-order valence-corrected chi connectivity index (χ3v) is 4.58. The van der Waals surface area contributed by atoms with Crippen LogP contribution in [0, 0.1) is 0 Å². The van der Waals surface area contributed by atoms with Crippen molar-refractivity contribution in [1.29, 1.82) is 0 Å². The summed E-state index contributed by atoms with van der Waals surface area (Å²) in [6, 6.07) is 10.4. The van der Waals surface area contributed by atoms with E-state index in [4.69, 9.17) is 0 Å². The van der Waals surface area contributed by atoms with Crippen LogP contribution in [0.1, 0.15) is 21.5 Å². The van der Waals surface area contributed by atoms with Crippen LogP contribution in [0.2, 0.25) is 0 Å². The minimum absolute atomic E-state index is 0.105. The minimum Gasteiger partial charge on any atom is -0.348 e. The highest BCUT2D eigenvalue weighted by atomic mass is 79.9. The number of nitrogens with one attached hydrogen (secondary N) is 1. The van der Waals surface area contributed by atoms with Gasteiger partial charge in [-0.1, -0.05) is 40.2 Å². The molecular weight excluding hydrogens is 421 g/mol. The van der Waals surface area contributed by atoms with Crippen LogP contribution < -0.4 is 10.2 Å². The predicted molar refractivity (Wildman–Crippen MR) is 102 cm³/mol. The normalized spacial score (nSPS) is 13.7. The van der Waals surface area contributed by atoms with E-state index in [-0.39, 0.29) is 12.1 Å². The summed E-state index contributed by atoms with van der Waals surface area (Å²) < 4.78 is 40.2. The van der Waals surface area contributed by atoms with E-state index < -0.39 is 17.6 Å². The first-order chi connectivity index (χ1) is 12.9. The van der Waals surface area contributed by atoms with E-state index in [1.165, 1.54) is 18.2 Å². The second-order valence-corrected chi connectivity index (χ2v) is 6.84. The molecule has 140 valence electrons. The molecule has 0 bridgehead atoms. The number of anilines is 1. The van der Waals surface area contributed by atoms with Crippen molar-refractivity contribution < 1.29 is 18.0 Å². The van der Waals surface area contributed by atoms with Crippen molar-refractivity contribution in [1.82, 2.24) is 5.32 Å². The molecule has 27 heavy (non-hydrogen) atoms. The van der Waals surface area contributed by atoms with Crippen molar-refractivity contribution in [3.8, 4) is 0 Å². The van der Waals surface area contributed by atoms with Crippen molar-refractivity contribution >= 4 is 27.5 Å². The summed E-state index contributed by atoms with van der Waals surface area (Å²) >= 11 is 3.40. The fourth-order valence-electron chi connectivity index (χ4n) is 2.82. The van der Waals surface area contributed by atoms with Crippen molar-refractivity contribution in [2.24, 2.45) is 0 Å². The SMILES string of the molecule is O=C(NCc1cc(Br)ccc1N1C=CC=CC1)c1ccccc1C(F)(F)F. The van der Waals surface area contributed by atoms with E-state index in [9.17, 15) is 18.0 Å². The molecule has 2 aromatic rings. The lowest BCUT2D eigenvalue weighted by Gasteiger charge is -2.24. The molecule has 1 N–H and O–H groups in total. The predicted octanol–water partition coefficient (Wildman–Crippen LogP) is 5.29. The average Bonchev–Trinajstić information content (AvgIpc) is 2.66. The molecule has 3 rings (SSSR count). The maximum Gasteiger partial charge on any atom is 0.417 e. The Balaban J connectivity index is 1.81. The molecule has 1 aliphatic rings. The second kappa shape index (κ2) is 8.00. The number of hydrogen-bond acceptors (Lipinski definition) is 2. The standard InChI is InChI=1S/C20H16BrF3N2O/c21-15-8-9-18(26-10-4-1-5-11-26)14(12-15)13-25-19(27)16-6-2-3-7-17(16)20(22,23)24/h1-10,12H,11,13H2,(H,25,27). The van der Waals surface area contributed by atoms with Crippen molar-refractivity contribution in [3.63, 3.8) is 0 Å². The van der Waals surface area contributed by atoms with Crippen molar-refractivity contribution in [2.75, 3.05) is 11.4 Å². The minimum atomic E-state index is -4.58. The lowest BCUT2D eigenvalue weighted by molar-refractivity contribution is -0.137. The molecule has 1 amide bonds. The smallest absolute Gasteiger partial charge is 0.348 e. The van der Waals surface area contributed by atoms with E-state index >= 15 is 0 Å². The number of halogens is 4. The molecule has 1 heterocycles. The average molecular weight is 437 g/mol. The van der Waals surface area contributed by atoms with E-state index in [0.29, 0.717) is 6.54 Å². The molecule has 0 saturated carbocycles. The largest absolute Gasteiger partial charge is 0.417 e. The van der Waals surface area contributed by atoms with E-state index in [1.807, 2.05) is 47.5 Å². The van der Waals surface area contributed by atoms with Gasteiger partial charge in [0.2, 0.25) is 0 Å². The van der Waals surface area contributed by atoms with Crippen LogP contribution >= 0.6 is 15.9 Å². The zero-order chi connectivity index (χ0) is 19.4. The molecule has 7 heteroatoms. The molecule has 3 nitrogen and oxygen atoms in total. The first kappa shape index (κ1) is 19.2. The van der Waals surface area contributed by atoms with Gasteiger partial charge in [-0.15, -0.1) is 0 Å². The molecule has 0 aromatic heterocycles. The maximum atomic E-state index is 13.1. The number of benzene rings is 2. The molecule has 0 saturated heterocycles. The number of carbonyl (C=O) groups is 1. The monoisotopic (exact) mass is 436 g/mol. The van der Waals surface area contributed by atoms with Gasteiger partial charge in [-0.3, -0.25) is 4.79 Å². The van der Waals surface area contributed by atoms with Crippen LogP contribution in [0.25, 0.3) is 0 Å². The zero-order valence-electron chi connectivity index (χ0n) is 14.1. The Morgan fingerprint density at radius 1 is 1.15 bits per heavy atom. The fraction of sp³-hybridized carbons (Fsp3) is 0.150.